The number of nitrogens with one attached hydrogen (secondary N) is 1. The van der Waals surface area contributed by atoms with E-state index in [9.17, 15) is 15.2 Å². The molecule has 1 aliphatic rings. The van der Waals surface area contributed by atoms with E-state index in [1.807, 2.05) is 0 Å². The number of oxazole rings is 1. The fraction of sp³-hybridized carbons (Fsp3) is 0.462. The maximum Gasteiger partial charge on any atom is 0.296 e. The molecule has 1 aromatic carbocycles. The quantitative estimate of drug-likeness (QED) is 0.657. The number of aliphatic hydroxyl groups excluding tert-OH is 1. The molecular weight excluding hydrogens is 262 g/mol. The van der Waals surface area contributed by atoms with Gasteiger partial charge in [0.1, 0.15) is 5.52 Å². The van der Waals surface area contributed by atoms with Crippen molar-refractivity contribution in [2.75, 3.05) is 11.9 Å². The molecular formula is C13H15N3O4. The van der Waals surface area contributed by atoms with Crippen LogP contribution in [-0.2, 0) is 0 Å². The van der Waals surface area contributed by atoms with Crippen molar-refractivity contribution in [3.05, 3.63) is 28.3 Å². The van der Waals surface area contributed by atoms with Crippen LogP contribution in [0.4, 0.5) is 11.7 Å². The first-order valence-electron chi connectivity index (χ1n) is 6.56. The lowest BCUT2D eigenvalue weighted by atomic mass is 9.99. The highest BCUT2D eigenvalue weighted by atomic mass is 16.6. The molecule has 1 aromatic heterocycles. The van der Waals surface area contributed by atoms with E-state index in [-0.39, 0.29) is 17.8 Å². The molecule has 0 unspecified atom stereocenters. The molecule has 7 nitrogen and oxygen atoms in total. The Morgan fingerprint density at radius 2 is 2.20 bits per heavy atom. The van der Waals surface area contributed by atoms with Crippen molar-refractivity contribution in [2.45, 2.75) is 31.2 Å². The first-order chi connectivity index (χ1) is 9.62. The molecule has 0 bridgehead atoms. The van der Waals surface area contributed by atoms with Gasteiger partial charge in [-0.3, -0.25) is 10.1 Å². The zero-order valence-corrected chi connectivity index (χ0v) is 10.8. The summed E-state index contributed by atoms with van der Waals surface area (Å²) in [5.74, 6) is 0. The van der Waals surface area contributed by atoms with Crippen LogP contribution in [0.5, 0.6) is 0 Å². The second-order valence-corrected chi connectivity index (χ2v) is 5.20. The normalized spacial score (nSPS) is 17.4. The van der Waals surface area contributed by atoms with Gasteiger partial charge in [0.25, 0.3) is 11.7 Å². The number of rotatable bonds is 4. The maximum atomic E-state index is 10.7. The van der Waals surface area contributed by atoms with E-state index >= 15 is 0 Å². The molecule has 106 valence electrons. The molecule has 20 heavy (non-hydrogen) atoms. The summed E-state index contributed by atoms with van der Waals surface area (Å²) in [7, 11) is 0. The van der Waals surface area contributed by atoms with E-state index in [2.05, 4.69) is 10.3 Å². The summed E-state index contributed by atoms with van der Waals surface area (Å²) >= 11 is 0. The van der Waals surface area contributed by atoms with Gasteiger partial charge >= 0.3 is 0 Å². The largest absolute Gasteiger partial charge is 0.423 e. The van der Waals surface area contributed by atoms with Crippen LogP contribution in [0.15, 0.2) is 22.6 Å². The number of anilines is 1. The van der Waals surface area contributed by atoms with E-state index in [1.54, 1.807) is 6.07 Å². The third-order valence-electron chi connectivity index (χ3n) is 3.82. The number of nitro benzene ring substituents is 1. The van der Waals surface area contributed by atoms with E-state index < -0.39 is 4.92 Å². The lowest BCUT2D eigenvalue weighted by Gasteiger charge is -2.26. The van der Waals surface area contributed by atoms with Gasteiger partial charge in [-0.2, -0.15) is 4.98 Å². The molecule has 1 saturated carbocycles. The molecule has 0 amide bonds. The summed E-state index contributed by atoms with van der Waals surface area (Å²) in [5, 5.41) is 23.4. The van der Waals surface area contributed by atoms with E-state index in [0.29, 0.717) is 17.1 Å². The average molecular weight is 277 g/mol. The van der Waals surface area contributed by atoms with Crippen molar-refractivity contribution in [1.29, 1.82) is 0 Å². The summed E-state index contributed by atoms with van der Waals surface area (Å²) in [5.41, 5.74) is 0.516. The van der Waals surface area contributed by atoms with Gasteiger partial charge in [-0.25, -0.2) is 0 Å². The van der Waals surface area contributed by atoms with Gasteiger partial charge in [0.2, 0.25) is 0 Å². The molecule has 0 aliphatic heterocycles. The fourth-order valence-electron chi connectivity index (χ4n) is 2.68. The summed E-state index contributed by atoms with van der Waals surface area (Å²) in [6, 6.07) is 4.61. The molecule has 2 N–H and O–H groups in total. The molecule has 7 heteroatoms. The standard InChI is InChI=1S/C13H15N3O4/c17-8-13(5-1-2-6-13)15-12-14-10-4-3-9(16(18)19)7-11(10)20-12/h3-4,7,17H,1-2,5-6,8H2,(H,14,15). The van der Waals surface area contributed by atoms with Crippen molar-refractivity contribution >= 4 is 22.8 Å². The predicted molar refractivity (Wildman–Crippen MR) is 72.6 cm³/mol. The molecule has 1 heterocycles. The number of aromatic nitrogens is 1. The number of fused-ring (bicyclic) bond motifs is 1. The van der Waals surface area contributed by atoms with Gasteiger partial charge in [-0.1, -0.05) is 12.8 Å². The Kier molecular flexibility index (Phi) is 3.06. The highest BCUT2D eigenvalue weighted by Crippen LogP contribution is 2.33. The van der Waals surface area contributed by atoms with Crippen molar-refractivity contribution in [2.24, 2.45) is 0 Å². The molecule has 0 saturated heterocycles. The van der Waals surface area contributed by atoms with Crippen LogP contribution in [0.25, 0.3) is 11.1 Å². The Morgan fingerprint density at radius 1 is 1.45 bits per heavy atom. The second kappa shape index (κ2) is 4.75. The summed E-state index contributed by atoms with van der Waals surface area (Å²) in [4.78, 5) is 14.5. The van der Waals surface area contributed by atoms with Gasteiger partial charge in [-0.05, 0) is 18.9 Å². The average Bonchev–Trinajstić information content (AvgIpc) is 3.04. The molecule has 0 radical (unpaired) electrons. The van der Waals surface area contributed by atoms with Crippen LogP contribution in [-0.4, -0.2) is 27.2 Å². The van der Waals surface area contributed by atoms with E-state index in [1.165, 1.54) is 12.1 Å². The molecule has 0 spiro atoms. The number of nitrogens with zero attached hydrogens (tertiary/aromatic N) is 2. The van der Waals surface area contributed by atoms with Crippen LogP contribution in [0, 0.1) is 10.1 Å². The number of hydrogen-bond donors (Lipinski definition) is 2. The van der Waals surface area contributed by atoms with Gasteiger partial charge in [-0.15, -0.1) is 0 Å². The third kappa shape index (κ3) is 2.20. The predicted octanol–water partition coefficient (Wildman–Crippen LogP) is 2.45. The maximum absolute atomic E-state index is 10.7. The van der Waals surface area contributed by atoms with Crippen LogP contribution < -0.4 is 5.32 Å². The number of non-ortho nitro benzene ring substituents is 1. The minimum atomic E-state index is -0.471. The first-order valence-corrected chi connectivity index (χ1v) is 6.56. The Hall–Kier alpha value is -2.15. The summed E-state index contributed by atoms with van der Waals surface area (Å²) in [6.07, 6.45) is 3.84. The minimum absolute atomic E-state index is 0.0197. The van der Waals surface area contributed by atoms with Gasteiger partial charge in [0, 0.05) is 6.07 Å². The Labute approximate surface area is 114 Å². The van der Waals surface area contributed by atoms with Crippen molar-refractivity contribution < 1.29 is 14.4 Å². The van der Waals surface area contributed by atoms with Crippen molar-refractivity contribution in [3.8, 4) is 0 Å². The molecule has 2 aromatic rings. The third-order valence-corrected chi connectivity index (χ3v) is 3.82. The first kappa shape index (κ1) is 12.9. The summed E-state index contributed by atoms with van der Waals surface area (Å²) in [6.45, 7) is 0.0197. The van der Waals surface area contributed by atoms with Crippen molar-refractivity contribution in [3.63, 3.8) is 0 Å². The topological polar surface area (TPSA) is 101 Å². The minimum Gasteiger partial charge on any atom is -0.423 e. The monoisotopic (exact) mass is 277 g/mol. The number of nitro groups is 1. The van der Waals surface area contributed by atoms with E-state index in [4.69, 9.17) is 4.42 Å². The summed E-state index contributed by atoms with van der Waals surface area (Å²) < 4.78 is 5.51. The number of aliphatic hydroxyl groups is 1. The Balaban J connectivity index is 1.91. The van der Waals surface area contributed by atoms with Gasteiger partial charge in [0.05, 0.1) is 23.1 Å². The zero-order chi connectivity index (χ0) is 14.2. The lowest BCUT2D eigenvalue weighted by molar-refractivity contribution is -0.384. The van der Waals surface area contributed by atoms with Crippen LogP contribution in [0.3, 0.4) is 0 Å². The van der Waals surface area contributed by atoms with Crippen molar-refractivity contribution in [1.82, 2.24) is 4.98 Å². The second-order valence-electron chi connectivity index (χ2n) is 5.20. The fourth-order valence-corrected chi connectivity index (χ4v) is 2.68. The number of benzene rings is 1. The highest BCUT2D eigenvalue weighted by Gasteiger charge is 2.34. The van der Waals surface area contributed by atoms with E-state index in [0.717, 1.165) is 25.7 Å². The molecule has 1 aliphatic carbocycles. The van der Waals surface area contributed by atoms with Gasteiger partial charge in [0.15, 0.2) is 5.58 Å². The lowest BCUT2D eigenvalue weighted by Crippen LogP contribution is -2.39. The van der Waals surface area contributed by atoms with Crippen LogP contribution in [0.1, 0.15) is 25.7 Å². The zero-order valence-electron chi connectivity index (χ0n) is 10.8. The van der Waals surface area contributed by atoms with Crippen LogP contribution >= 0.6 is 0 Å². The molecule has 1 fully saturated rings. The number of hydrogen-bond acceptors (Lipinski definition) is 6. The molecule has 3 rings (SSSR count). The Bertz CT molecular complexity index is 646. The Morgan fingerprint density at radius 3 is 2.85 bits per heavy atom. The SMILES string of the molecule is O=[N+]([O-])c1ccc2nc(NC3(CO)CCCC3)oc2c1. The molecule has 0 atom stereocenters. The smallest absolute Gasteiger partial charge is 0.296 e. The van der Waals surface area contributed by atoms with Gasteiger partial charge < -0.3 is 14.8 Å². The highest BCUT2D eigenvalue weighted by molar-refractivity contribution is 5.77. The van der Waals surface area contributed by atoms with Crippen LogP contribution in [0.2, 0.25) is 0 Å².